The number of nitrogens with one attached hydrogen (secondary N) is 1. The smallest absolute Gasteiger partial charge is 0.264 e. The van der Waals surface area contributed by atoms with Gasteiger partial charge in [0.25, 0.3) is 5.91 Å². The first-order chi connectivity index (χ1) is 15.6. The number of hydrogen-bond donors (Lipinski definition) is 3. The highest BCUT2D eigenvalue weighted by Crippen LogP contribution is 2.59. The molecule has 0 bridgehead atoms. The van der Waals surface area contributed by atoms with Crippen LogP contribution in [0.25, 0.3) is 0 Å². The zero-order valence-corrected chi connectivity index (χ0v) is 20.5. The Labute approximate surface area is 195 Å². The van der Waals surface area contributed by atoms with Gasteiger partial charge in [-0.05, 0) is 43.3 Å². The number of aliphatic hydroxyl groups is 1. The van der Waals surface area contributed by atoms with E-state index in [1.807, 2.05) is 68.5 Å². The SMILES string of the molecule is CC(=O)Nc1ccc(CN2C(=O)[C@]3(O[C@H](CCO)[C@@H]([Si](C)(C)O)[C@@H]3C)c3ccccc32)cc1. The molecule has 2 aromatic rings. The van der Waals surface area contributed by atoms with Gasteiger partial charge in [0.15, 0.2) is 13.9 Å². The van der Waals surface area contributed by atoms with Crippen LogP contribution in [0.5, 0.6) is 0 Å². The van der Waals surface area contributed by atoms with Gasteiger partial charge in [0.1, 0.15) is 0 Å². The number of amides is 2. The molecule has 176 valence electrons. The molecule has 0 radical (unpaired) electrons. The van der Waals surface area contributed by atoms with Crippen LogP contribution in [-0.4, -0.2) is 42.7 Å². The van der Waals surface area contributed by atoms with Gasteiger partial charge in [-0.15, -0.1) is 0 Å². The minimum atomic E-state index is -2.69. The van der Waals surface area contributed by atoms with Crippen molar-refractivity contribution in [2.24, 2.45) is 5.92 Å². The van der Waals surface area contributed by atoms with Gasteiger partial charge in [-0.1, -0.05) is 37.3 Å². The Hall–Kier alpha value is -2.52. The Morgan fingerprint density at radius 3 is 2.45 bits per heavy atom. The number of rotatable bonds is 6. The Kier molecular flexibility index (Phi) is 6.22. The number of ether oxygens (including phenoxy) is 1. The van der Waals surface area contributed by atoms with Gasteiger partial charge in [0.2, 0.25) is 5.91 Å². The fourth-order valence-corrected chi connectivity index (χ4v) is 8.27. The van der Waals surface area contributed by atoms with Gasteiger partial charge in [-0.25, -0.2) is 0 Å². The third-order valence-corrected chi connectivity index (χ3v) is 9.42. The topological polar surface area (TPSA) is 99.1 Å². The Morgan fingerprint density at radius 2 is 1.85 bits per heavy atom. The van der Waals surface area contributed by atoms with Crippen LogP contribution in [0.4, 0.5) is 11.4 Å². The summed E-state index contributed by atoms with van der Waals surface area (Å²) in [4.78, 5) is 38.2. The van der Waals surface area contributed by atoms with E-state index < -0.39 is 13.9 Å². The van der Waals surface area contributed by atoms with Crippen LogP contribution < -0.4 is 10.2 Å². The second-order valence-corrected chi connectivity index (χ2v) is 13.6. The Balaban J connectivity index is 1.71. The first-order valence-corrected chi connectivity index (χ1v) is 14.4. The molecule has 8 heteroatoms. The van der Waals surface area contributed by atoms with Crippen molar-refractivity contribution in [1.82, 2.24) is 0 Å². The molecule has 2 heterocycles. The molecule has 33 heavy (non-hydrogen) atoms. The van der Waals surface area contributed by atoms with Crippen LogP contribution in [0.2, 0.25) is 18.6 Å². The lowest BCUT2D eigenvalue weighted by molar-refractivity contribution is -0.146. The van der Waals surface area contributed by atoms with Crippen LogP contribution in [0, 0.1) is 5.92 Å². The molecule has 4 rings (SSSR count). The van der Waals surface area contributed by atoms with Gasteiger partial charge in [-0.2, -0.15) is 0 Å². The van der Waals surface area contributed by atoms with Gasteiger partial charge in [-0.3, -0.25) is 9.59 Å². The summed E-state index contributed by atoms with van der Waals surface area (Å²) in [5, 5.41) is 12.4. The van der Waals surface area contributed by atoms with E-state index >= 15 is 0 Å². The van der Waals surface area contributed by atoms with Crippen LogP contribution in [0.1, 0.15) is 31.4 Å². The highest BCUT2D eigenvalue weighted by atomic mass is 28.4. The van der Waals surface area contributed by atoms with Crippen LogP contribution in [-0.2, 0) is 26.5 Å². The maximum Gasteiger partial charge on any atom is 0.264 e. The third-order valence-electron chi connectivity index (χ3n) is 6.92. The lowest BCUT2D eigenvalue weighted by Crippen LogP contribution is -2.46. The van der Waals surface area contributed by atoms with Crippen LogP contribution >= 0.6 is 0 Å². The number of anilines is 2. The van der Waals surface area contributed by atoms with E-state index in [4.69, 9.17) is 4.74 Å². The molecule has 0 saturated carbocycles. The summed E-state index contributed by atoms with van der Waals surface area (Å²) < 4.78 is 6.55. The second kappa shape index (κ2) is 8.68. The van der Waals surface area contributed by atoms with E-state index in [1.54, 1.807) is 4.90 Å². The Morgan fingerprint density at radius 1 is 1.18 bits per heavy atom. The zero-order valence-electron chi connectivity index (χ0n) is 19.5. The number of aliphatic hydroxyl groups excluding tert-OH is 1. The molecule has 0 aromatic heterocycles. The van der Waals surface area contributed by atoms with Crippen molar-refractivity contribution in [3.63, 3.8) is 0 Å². The summed E-state index contributed by atoms with van der Waals surface area (Å²) in [5.41, 5.74) is 1.90. The summed E-state index contributed by atoms with van der Waals surface area (Å²) in [7, 11) is -2.69. The molecular formula is C25H32N2O5Si. The highest BCUT2D eigenvalue weighted by molar-refractivity contribution is 6.71. The van der Waals surface area contributed by atoms with Gasteiger partial charge >= 0.3 is 0 Å². The number of carbonyl (C=O) groups excluding carboxylic acids is 2. The summed E-state index contributed by atoms with van der Waals surface area (Å²) in [6.45, 7) is 7.51. The molecule has 7 nitrogen and oxygen atoms in total. The van der Waals surface area contributed by atoms with Gasteiger partial charge in [0.05, 0.1) is 18.3 Å². The lowest BCUT2D eigenvalue weighted by Gasteiger charge is -2.32. The number of benzene rings is 2. The van der Waals surface area contributed by atoms with Crippen molar-refractivity contribution in [3.8, 4) is 0 Å². The summed E-state index contributed by atoms with van der Waals surface area (Å²) in [5.74, 6) is -0.504. The molecule has 2 amide bonds. The average molecular weight is 469 g/mol. The molecule has 1 spiro atoms. The predicted molar refractivity (Wildman–Crippen MR) is 129 cm³/mol. The molecule has 1 saturated heterocycles. The number of nitrogens with zero attached hydrogens (tertiary/aromatic N) is 1. The van der Waals surface area contributed by atoms with E-state index in [9.17, 15) is 19.5 Å². The molecule has 2 aromatic carbocycles. The fourth-order valence-electron chi connectivity index (χ4n) is 5.67. The van der Waals surface area contributed by atoms with E-state index in [-0.39, 0.29) is 36.0 Å². The molecule has 1 fully saturated rings. The number of carbonyl (C=O) groups is 2. The minimum Gasteiger partial charge on any atom is -0.432 e. The Bertz CT molecular complexity index is 1050. The molecular weight excluding hydrogens is 436 g/mol. The zero-order chi connectivity index (χ0) is 24.0. The number of para-hydroxylation sites is 1. The van der Waals surface area contributed by atoms with Crippen LogP contribution in [0.3, 0.4) is 0 Å². The monoisotopic (exact) mass is 468 g/mol. The van der Waals surface area contributed by atoms with Crippen molar-refractivity contribution < 1.29 is 24.2 Å². The van der Waals surface area contributed by atoms with E-state index in [1.165, 1.54) is 6.92 Å². The van der Waals surface area contributed by atoms with E-state index in [2.05, 4.69) is 5.32 Å². The number of fused-ring (bicyclic) bond motifs is 2. The largest absolute Gasteiger partial charge is 0.432 e. The first kappa shape index (κ1) is 23.6. The van der Waals surface area contributed by atoms with E-state index in [0.717, 1.165) is 16.8 Å². The average Bonchev–Trinajstić information content (AvgIpc) is 3.17. The molecule has 4 atom stereocenters. The third kappa shape index (κ3) is 4.01. The summed E-state index contributed by atoms with van der Waals surface area (Å²) in [6.07, 6.45) is -0.000997. The summed E-state index contributed by atoms with van der Waals surface area (Å²) >= 11 is 0. The first-order valence-electron chi connectivity index (χ1n) is 11.4. The van der Waals surface area contributed by atoms with E-state index in [0.29, 0.717) is 18.7 Å². The fraction of sp³-hybridized carbons (Fsp3) is 0.440. The van der Waals surface area contributed by atoms with Crippen molar-refractivity contribution in [2.75, 3.05) is 16.8 Å². The van der Waals surface area contributed by atoms with Crippen molar-refractivity contribution in [3.05, 3.63) is 59.7 Å². The highest BCUT2D eigenvalue weighted by Gasteiger charge is 2.65. The van der Waals surface area contributed by atoms with Crippen molar-refractivity contribution >= 4 is 31.5 Å². The molecule has 2 aliphatic heterocycles. The van der Waals surface area contributed by atoms with Gasteiger partial charge in [0, 0.05) is 36.2 Å². The minimum absolute atomic E-state index is 0.0609. The summed E-state index contributed by atoms with van der Waals surface area (Å²) in [6, 6.07) is 15.1. The predicted octanol–water partition coefficient (Wildman–Crippen LogP) is 3.37. The standard InChI is InChI=1S/C25H32N2O5Si/c1-16-23(33(3,4)31)22(13-14-28)32-25(16)20-7-5-6-8-21(20)27(24(25)30)15-18-9-11-19(12-10-18)26-17(2)29/h5-12,16,22-23,28,31H,13-15H2,1-4H3,(H,26,29)/t16-,22+,23-,25+/m0/s1. The molecule has 2 aliphatic rings. The maximum absolute atomic E-state index is 14.1. The quantitative estimate of drug-likeness (QED) is 0.565. The van der Waals surface area contributed by atoms with Crippen molar-refractivity contribution in [2.45, 2.75) is 57.2 Å². The normalized spacial score (nSPS) is 26.7. The van der Waals surface area contributed by atoms with Gasteiger partial charge < -0.3 is 24.9 Å². The maximum atomic E-state index is 14.1. The molecule has 0 unspecified atom stereocenters. The second-order valence-electron chi connectivity index (χ2n) is 9.66. The molecule has 3 N–H and O–H groups in total. The number of hydrogen-bond acceptors (Lipinski definition) is 5. The lowest BCUT2D eigenvalue weighted by atomic mass is 9.82. The van der Waals surface area contributed by atoms with Crippen LogP contribution in [0.15, 0.2) is 48.5 Å². The van der Waals surface area contributed by atoms with Crippen molar-refractivity contribution in [1.29, 1.82) is 0 Å². The molecule has 0 aliphatic carbocycles.